The van der Waals surface area contributed by atoms with Gasteiger partial charge in [0.15, 0.2) is 0 Å². The highest BCUT2D eigenvalue weighted by Gasteiger charge is 2.23. The third kappa shape index (κ3) is 2.67. The van der Waals surface area contributed by atoms with Crippen molar-refractivity contribution in [2.24, 2.45) is 5.73 Å². The van der Waals surface area contributed by atoms with E-state index in [0.29, 0.717) is 11.5 Å². The SMILES string of the molecule is N[C@H]1CC[C@H](NC(=O)c2cccc(-n3cnnc3)n2)C1. The fourth-order valence-corrected chi connectivity index (χ4v) is 2.42. The Hall–Kier alpha value is -2.28. The quantitative estimate of drug-likeness (QED) is 0.835. The normalized spacial score (nSPS) is 21.9. The number of carbonyl (C=O) groups excluding carboxylic acids is 1. The van der Waals surface area contributed by atoms with E-state index >= 15 is 0 Å². The lowest BCUT2D eigenvalue weighted by Crippen LogP contribution is -2.34. The van der Waals surface area contributed by atoms with Crippen molar-refractivity contribution in [1.29, 1.82) is 0 Å². The van der Waals surface area contributed by atoms with Gasteiger partial charge in [-0.2, -0.15) is 0 Å². The predicted molar refractivity (Wildman–Crippen MR) is 72.2 cm³/mol. The van der Waals surface area contributed by atoms with E-state index < -0.39 is 0 Å². The van der Waals surface area contributed by atoms with E-state index in [1.807, 2.05) is 0 Å². The molecule has 1 amide bonds. The first-order valence-electron chi connectivity index (χ1n) is 6.61. The van der Waals surface area contributed by atoms with Gasteiger partial charge in [0.05, 0.1) is 0 Å². The number of nitrogens with zero attached hydrogens (tertiary/aromatic N) is 4. The molecule has 1 aliphatic carbocycles. The largest absolute Gasteiger partial charge is 0.348 e. The van der Waals surface area contributed by atoms with Gasteiger partial charge in [-0.05, 0) is 31.4 Å². The zero-order valence-electron chi connectivity index (χ0n) is 10.9. The molecule has 20 heavy (non-hydrogen) atoms. The lowest BCUT2D eigenvalue weighted by atomic mass is 10.2. The molecule has 0 bridgehead atoms. The van der Waals surface area contributed by atoms with Gasteiger partial charge in [-0.1, -0.05) is 6.07 Å². The molecule has 104 valence electrons. The molecule has 1 saturated carbocycles. The van der Waals surface area contributed by atoms with Crippen LogP contribution in [0.5, 0.6) is 0 Å². The smallest absolute Gasteiger partial charge is 0.270 e. The van der Waals surface area contributed by atoms with Gasteiger partial charge in [-0.15, -0.1) is 10.2 Å². The topological polar surface area (TPSA) is 98.7 Å². The Bertz CT molecular complexity index is 597. The predicted octanol–water partition coefficient (Wildman–Crippen LogP) is 0.272. The number of carbonyl (C=O) groups is 1. The average molecular weight is 272 g/mol. The molecule has 0 spiro atoms. The summed E-state index contributed by atoms with van der Waals surface area (Å²) >= 11 is 0. The highest BCUT2D eigenvalue weighted by atomic mass is 16.1. The zero-order valence-corrected chi connectivity index (χ0v) is 10.9. The standard InChI is InChI=1S/C13H16N6O/c14-9-4-5-10(6-9)17-13(20)11-2-1-3-12(18-11)19-7-15-16-8-19/h1-3,7-10H,4-6,14H2,(H,17,20)/t9-,10-/m0/s1. The maximum atomic E-state index is 12.2. The Morgan fingerprint density at radius 2 is 2.10 bits per heavy atom. The van der Waals surface area contributed by atoms with Crippen molar-refractivity contribution in [2.75, 3.05) is 0 Å². The number of rotatable bonds is 3. The van der Waals surface area contributed by atoms with E-state index in [-0.39, 0.29) is 18.0 Å². The minimum absolute atomic E-state index is 0.151. The summed E-state index contributed by atoms with van der Waals surface area (Å²) in [7, 11) is 0. The maximum Gasteiger partial charge on any atom is 0.270 e. The monoisotopic (exact) mass is 272 g/mol. The van der Waals surface area contributed by atoms with Gasteiger partial charge in [0.2, 0.25) is 0 Å². The number of aromatic nitrogens is 4. The molecule has 2 atom stereocenters. The lowest BCUT2D eigenvalue weighted by molar-refractivity contribution is 0.0932. The van der Waals surface area contributed by atoms with Crippen molar-refractivity contribution >= 4 is 5.91 Å². The summed E-state index contributed by atoms with van der Waals surface area (Å²) in [6.45, 7) is 0. The first kappa shape index (κ1) is 12.7. The Labute approximate surface area is 116 Å². The molecule has 3 N–H and O–H groups in total. The van der Waals surface area contributed by atoms with Crippen molar-refractivity contribution in [2.45, 2.75) is 31.3 Å². The van der Waals surface area contributed by atoms with E-state index in [4.69, 9.17) is 5.73 Å². The van der Waals surface area contributed by atoms with Crippen LogP contribution in [0.25, 0.3) is 5.82 Å². The molecule has 2 heterocycles. The lowest BCUT2D eigenvalue weighted by Gasteiger charge is -2.12. The molecular weight excluding hydrogens is 256 g/mol. The summed E-state index contributed by atoms with van der Waals surface area (Å²) in [5, 5.41) is 10.4. The van der Waals surface area contributed by atoms with Gasteiger partial charge in [-0.3, -0.25) is 9.36 Å². The van der Waals surface area contributed by atoms with Crippen LogP contribution in [-0.4, -0.2) is 37.7 Å². The molecular formula is C13H16N6O. The van der Waals surface area contributed by atoms with Crippen molar-refractivity contribution in [3.8, 4) is 5.82 Å². The van der Waals surface area contributed by atoms with Gasteiger partial charge in [0, 0.05) is 12.1 Å². The number of nitrogens with two attached hydrogens (primary N) is 1. The van der Waals surface area contributed by atoms with Gasteiger partial charge in [0.1, 0.15) is 24.2 Å². The van der Waals surface area contributed by atoms with Crippen LogP contribution in [0.4, 0.5) is 0 Å². The van der Waals surface area contributed by atoms with Crippen LogP contribution < -0.4 is 11.1 Å². The molecule has 7 heteroatoms. The Kier molecular flexibility index (Phi) is 3.42. The summed E-state index contributed by atoms with van der Waals surface area (Å²) in [5.74, 6) is 0.449. The maximum absolute atomic E-state index is 12.2. The van der Waals surface area contributed by atoms with Crippen LogP contribution in [0.15, 0.2) is 30.9 Å². The molecule has 3 rings (SSSR count). The molecule has 2 aromatic heterocycles. The van der Waals surface area contributed by atoms with Gasteiger partial charge < -0.3 is 11.1 Å². The number of amides is 1. The molecule has 1 fully saturated rings. The zero-order chi connectivity index (χ0) is 13.9. The fraction of sp³-hybridized carbons (Fsp3) is 0.385. The number of pyridine rings is 1. The van der Waals surface area contributed by atoms with E-state index in [1.54, 1.807) is 35.4 Å². The second-order valence-electron chi connectivity index (χ2n) is 4.99. The molecule has 1 aliphatic rings. The van der Waals surface area contributed by atoms with E-state index in [1.165, 1.54) is 0 Å². The number of hydrogen-bond acceptors (Lipinski definition) is 5. The number of nitrogens with one attached hydrogen (secondary N) is 1. The minimum atomic E-state index is -0.168. The van der Waals surface area contributed by atoms with Crippen LogP contribution in [-0.2, 0) is 0 Å². The van der Waals surface area contributed by atoms with E-state index in [2.05, 4.69) is 20.5 Å². The van der Waals surface area contributed by atoms with Crippen molar-refractivity contribution in [1.82, 2.24) is 25.1 Å². The fourth-order valence-electron chi connectivity index (χ4n) is 2.42. The minimum Gasteiger partial charge on any atom is -0.348 e. The molecule has 2 aromatic rings. The van der Waals surface area contributed by atoms with Crippen molar-refractivity contribution in [3.05, 3.63) is 36.5 Å². The highest BCUT2D eigenvalue weighted by Crippen LogP contribution is 2.17. The second kappa shape index (κ2) is 5.38. The third-order valence-electron chi connectivity index (χ3n) is 3.46. The van der Waals surface area contributed by atoms with Gasteiger partial charge in [0.25, 0.3) is 5.91 Å². The number of hydrogen-bond donors (Lipinski definition) is 2. The third-order valence-corrected chi connectivity index (χ3v) is 3.46. The molecule has 7 nitrogen and oxygen atoms in total. The van der Waals surface area contributed by atoms with Gasteiger partial charge in [-0.25, -0.2) is 4.98 Å². The molecule has 0 saturated heterocycles. The molecule has 0 aromatic carbocycles. The Morgan fingerprint density at radius 1 is 1.30 bits per heavy atom. The van der Waals surface area contributed by atoms with Crippen LogP contribution >= 0.6 is 0 Å². The summed E-state index contributed by atoms with van der Waals surface area (Å²) in [6, 6.07) is 5.62. The molecule has 0 radical (unpaired) electrons. The Morgan fingerprint density at radius 3 is 2.80 bits per heavy atom. The van der Waals surface area contributed by atoms with E-state index in [9.17, 15) is 4.79 Å². The average Bonchev–Trinajstić information content (AvgIpc) is 3.11. The molecule has 0 unspecified atom stereocenters. The van der Waals surface area contributed by atoms with Crippen molar-refractivity contribution in [3.63, 3.8) is 0 Å². The first-order valence-corrected chi connectivity index (χ1v) is 6.61. The van der Waals surface area contributed by atoms with Crippen LogP contribution in [0.1, 0.15) is 29.8 Å². The van der Waals surface area contributed by atoms with Crippen LogP contribution in [0, 0.1) is 0 Å². The first-order chi connectivity index (χ1) is 9.72. The summed E-state index contributed by atoms with van der Waals surface area (Å²) in [5.41, 5.74) is 6.23. The van der Waals surface area contributed by atoms with Crippen LogP contribution in [0.3, 0.4) is 0 Å². The van der Waals surface area contributed by atoms with E-state index in [0.717, 1.165) is 19.3 Å². The molecule has 0 aliphatic heterocycles. The van der Waals surface area contributed by atoms with Crippen LogP contribution in [0.2, 0.25) is 0 Å². The highest BCUT2D eigenvalue weighted by molar-refractivity contribution is 5.92. The van der Waals surface area contributed by atoms with Gasteiger partial charge >= 0.3 is 0 Å². The Balaban J connectivity index is 1.73. The summed E-state index contributed by atoms with van der Waals surface area (Å²) in [6.07, 6.45) is 5.80. The second-order valence-corrected chi connectivity index (χ2v) is 4.99. The van der Waals surface area contributed by atoms with Crippen molar-refractivity contribution < 1.29 is 4.79 Å². The summed E-state index contributed by atoms with van der Waals surface area (Å²) in [4.78, 5) is 16.5. The summed E-state index contributed by atoms with van der Waals surface area (Å²) < 4.78 is 1.66.